The molecule has 1 aliphatic heterocycles. The maximum atomic E-state index is 11.5. The molecule has 4 nitrogen and oxygen atoms in total. The van der Waals surface area contributed by atoms with E-state index in [0.717, 1.165) is 49.7 Å². The van der Waals surface area contributed by atoms with Crippen molar-refractivity contribution in [1.82, 2.24) is 0 Å². The second-order valence-electron chi connectivity index (χ2n) is 4.85. The Morgan fingerprint density at radius 3 is 2.74 bits per heavy atom. The van der Waals surface area contributed by atoms with E-state index < -0.39 is 0 Å². The van der Waals surface area contributed by atoms with Crippen LogP contribution in [0, 0.1) is 0 Å². The summed E-state index contributed by atoms with van der Waals surface area (Å²) in [7, 11) is 0. The summed E-state index contributed by atoms with van der Waals surface area (Å²) in [5, 5.41) is 0. The molecule has 0 unspecified atom stereocenters. The van der Waals surface area contributed by atoms with Crippen molar-refractivity contribution in [2.45, 2.75) is 20.4 Å². The molecule has 1 N–H and O–H groups in total. The number of rotatable bonds is 5. The molecule has 0 aromatic heterocycles. The number of carbonyl (C=O) groups is 1. The number of ketones is 1. The van der Waals surface area contributed by atoms with Gasteiger partial charge in [0.25, 0.3) is 0 Å². The lowest BCUT2D eigenvalue weighted by atomic mass is 10.1. The van der Waals surface area contributed by atoms with Crippen LogP contribution in [-0.4, -0.2) is 38.7 Å². The van der Waals surface area contributed by atoms with Gasteiger partial charge in [-0.25, -0.2) is 0 Å². The van der Waals surface area contributed by atoms with E-state index in [1.807, 2.05) is 25.1 Å². The monoisotopic (exact) mass is 264 g/mol. The third-order valence-electron chi connectivity index (χ3n) is 3.41. The Balaban J connectivity index is 2.18. The molecule has 0 atom stereocenters. The van der Waals surface area contributed by atoms with Gasteiger partial charge in [-0.3, -0.25) is 4.79 Å². The van der Waals surface area contributed by atoms with Gasteiger partial charge in [0.2, 0.25) is 0 Å². The number of nitrogens with one attached hydrogen (secondary N) is 1. The Hall–Kier alpha value is -1.39. The van der Waals surface area contributed by atoms with Crippen molar-refractivity contribution in [2.24, 2.45) is 0 Å². The number of Topliss-reactive ketones (excluding diaryl/α,β-unsaturated/α-hetero) is 1. The van der Waals surface area contributed by atoms with Crippen molar-refractivity contribution in [2.75, 3.05) is 32.9 Å². The Labute approximate surface area is 114 Å². The van der Waals surface area contributed by atoms with Gasteiger partial charge in [0.15, 0.2) is 5.78 Å². The van der Waals surface area contributed by atoms with E-state index in [9.17, 15) is 4.79 Å². The fraction of sp³-hybridized carbons (Fsp3) is 0.533. The van der Waals surface area contributed by atoms with Gasteiger partial charge < -0.3 is 14.4 Å². The Kier molecular flexibility index (Phi) is 4.93. The molecule has 0 amide bonds. The summed E-state index contributed by atoms with van der Waals surface area (Å²) in [4.78, 5) is 13.0. The number of morpholine rings is 1. The van der Waals surface area contributed by atoms with Gasteiger partial charge in [-0.2, -0.15) is 0 Å². The van der Waals surface area contributed by atoms with Crippen molar-refractivity contribution >= 4 is 5.78 Å². The third kappa shape index (κ3) is 3.78. The molecule has 0 bridgehead atoms. The molecule has 1 fully saturated rings. The molecule has 0 saturated carbocycles. The number of hydrogen-bond donors (Lipinski definition) is 1. The Morgan fingerprint density at radius 1 is 1.37 bits per heavy atom. The average Bonchev–Trinajstić information content (AvgIpc) is 2.42. The maximum Gasteiger partial charge on any atom is 0.159 e. The molecule has 4 heteroatoms. The Morgan fingerprint density at radius 2 is 2.11 bits per heavy atom. The highest BCUT2D eigenvalue weighted by Crippen LogP contribution is 2.20. The van der Waals surface area contributed by atoms with Gasteiger partial charge in [-0.15, -0.1) is 0 Å². The van der Waals surface area contributed by atoms with Crippen LogP contribution in [0.25, 0.3) is 0 Å². The zero-order chi connectivity index (χ0) is 13.7. The molecule has 1 heterocycles. The minimum absolute atomic E-state index is 0.0984. The third-order valence-corrected chi connectivity index (χ3v) is 3.41. The lowest BCUT2D eigenvalue weighted by Crippen LogP contribution is -3.12. The first-order valence-corrected chi connectivity index (χ1v) is 6.88. The standard InChI is InChI=1S/C15H21NO3/c1-3-19-15-5-4-13(12(2)17)10-14(15)11-16-6-8-18-9-7-16/h4-5,10H,3,6-9,11H2,1-2H3/p+1. The topological polar surface area (TPSA) is 40.0 Å². The number of hydrogen-bond acceptors (Lipinski definition) is 3. The van der Waals surface area contributed by atoms with Gasteiger partial charge in [0.1, 0.15) is 25.4 Å². The minimum atomic E-state index is 0.0984. The van der Waals surface area contributed by atoms with Crippen molar-refractivity contribution in [3.63, 3.8) is 0 Å². The minimum Gasteiger partial charge on any atom is -0.493 e. The van der Waals surface area contributed by atoms with E-state index in [1.165, 1.54) is 4.90 Å². The van der Waals surface area contributed by atoms with Crippen molar-refractivity contribution in [3.05, 3.63) is 29.3 Å². The smallest absolute Gasteiger partial charge is 0.159 e. The largest absolute Gasteiger partial charge is 0.493 e. The SMILES string of the molecule is CCOc1ccc(C(C)=O)cc1C[NH+]1CCOCC1. The molecule has 1 saturated heterocycles. The quantitative estimate of drug-likeness (QED) is 0.796. The lowest BCUT2D eigenvalue weighted by molar-refractivity contribution is -0.921. The van der Waals surface area contributed by atoms with Gasteiger partial charge in [-0.1, -0.05) is 0 Å². The van der Waals surface area contributed by atoms with Crippen LogP contribution in [0.1, 0.15) is 29.8 Å². The molecule has 0 spiro atoms. The molecule has 1 aliphatic rings. The van der Waals surface area contributed by atoms with Gasteiger partial charge in [0.05, 0.1) is 19.8 Å². The second kappa shape index (κ2) is 6.68. The summed E-state index contributed by atoms with van der Waals surface area (Å²) in [6, 6.07) is 5.72. The normalized spacial score (nSPS) is 16.3. The van der Waals surface area contributed by atoms with E-state index in [-0.39, 0.29) is 5.78 Å². The molecule has 0 aliphatic carbocycles. The summed E-state index contributed by atoms with van der Waals surface area (Å²) in [6.45, 7) is 8.75. The first kappa shape index (κ1) is 14.0. The maximum absolute atomic E-state index is 11.5. The number of quaternary nitrogens is 1. The zero-order valence-corrected chi connectivity index (χ0v) is 11.7. The van der Waals surface area contributed by atoms with Crippen LogP contribution in [0.4, 0.5) is 0 Å². The van der Waals surface area contributed by atoms with Crippen LogP contribution in [0.5, 0.6) is 5.75 Å². The fourth-order valence-corrected chi connectivity index (χ4v) is 2.34. The van der Waals surface area contributed by atoms with E-state index in [0.29, 0.717) is 6.61 Å². The molecule has 104 valence electrons. The number of ether oxygens (including phenoxy) is 2. The van der Waals surface area contributed by atoms with Gasteiger partial charge in [0, 0.05) is 11.1 Å². The van der Waals surface area contributed by atoms with E-state index in [2.05, 4.69) is 0 Å². The Bertz CT molecular complexity index is 439. The van der Waals surface area contributed by atoms with Crippen LogP contribution >= 0.6 is 0 Å². The van der Waals surface area contributed by atoms with Crippen LogP contribution in [0.3, 0.4) is 0 Å². The van der Waals surface area contributed by atoms with Crippen LogP contribution < -0.4 is 9.64 Å². The highest BCUT2D eigenvalue weighted by Gasteiger charge is 2.17. The molecule has 2 rings (SSSR count). The average molecular weight is 264 g/mol. The van der Waals surface area contributed by atoms with Crippen molar-refractivity contribution < 1.29 is 19.2 Å². The molecule has 1 aromatic carbocycles. The van der Waals surface area contributed by atoms with Crippen LogP contribution in [-0.2, 0) is 11.3 Å². The van der Waals surface area contributed by atoms with Crippen LogP contribution in [0.2, 0.25) is 0 Å². The lowest BCUT2D eigenvalue weighted by Gasteiger charge is -2.24. The molecular weight excluding hydrogens is 242 g/mol. The summed E-state index contributed by atoms with van der Waals surface area (Å²) >= 11 is 0. The van der Waals surface area contributed by atoms with E-state index in [4.69, 9.17) is 9.47 Å². The highest BCUT2D eigenvalue weighted by molar-refractivity contribution is 5.94. The zero-order valence-electron chi connectivity index (χ0n) is 11.7. The van der Waals surface area contributed by atoms with Crippen molar-refractivity contribution in [3.8, 4) is 5.75 Å². The predicted molar refractivity (Wildman–Crippen MR) is 72.8 cm³/mol. The van der Waals surface area contributed by atoms with Crippen LogP contribution in [0.15, 0.2) is 18.2 Å². The molecule has 1 aromatic rings. The van der Waals surface area contributed by atoms with Crippen molar-refractivity contribution in [1.29, 1.82) is 0 Å². The first-order valence-electron chi connectivity index (χ1n) is 6.88. The van der Waals surface area contributed by atoms with Gasteiger partial charge >= 0.3 is 0 Å². The molecule has 0 radical (unpaired) electrons. The van der Waals surface area contributed by atoms with E-state index >= 15 is 0 Å². The predicted octanol–water partition coefficient (Wildman–Crippen LogP) is 0.703. The van der Waals surface area contributed by atoms with Gasteiger partial charge in [-0.05, 0) is 32.0 Å². The number of carbonyl (C=O) groups excluding carboxylic acids is 1. The highest BCUT2D eigenvalue weighted by atomic mass is 16.5. The molecular formula is C15H22NO3+. The summed E-state index contributed by atoms with van der Waals surface area (Å²) < 4.78 is 11.0. The first-order chi connectivity index (χ1) is 9.20. The number of benzene rings is 1. The fourth-order valence-electron chi connectivity index (χ4n) is 2.34. The summed E-state index contributed by atoms with van der Waals surface area (Å²) in [5.41, 5.74) is 1.87. The second-order valence-corrected chi connectivity index (χ2v) is 4.85. The summed E-state index contributed by atoms with van der Waals surface area (Å²) in [6.07, 6.45) is 0. The molecule has 19 heavy (non-hydrogen) atoms. The summed E-state index contributed by atoms with van der Waals surface area (Å²) in [5.74, 6) is 0.993. The van der Waals surface area contributed by atoms with E-state index in [1.54, 1.807) is 6.92 Å².